The second kappa shape index (κ2) is 14.5. The summed E-state index contributed by atoms with van der Waals surface area (Å²) >= 11 is 0. The minimum Gasteiger partial charge on any atom is -0.386 e. The maximum absolute atomic E-state index is 16.0. The molecule has 1 saturated heterocycles. The van der Waals surface area contributed by atoms with Crippen LogP contribution in [0.5, 0.6) is 0 Å². The summed E-state index contributed by atoms with van der Waals surface area (Å²) in [5.41, 5.74) is -2.45. The third-order valence-corrected chi connectivity index (χ3v) is 8.36. The van der Waals surface area contributed by atoms with Crippen LogP contribution in [0.15, 0.2) is 84.2 Å². The second-order valence-corrected chi connectivity index (χ2v) is 11.7. The molecule has 5 rings (SSSR count). The van der Waals surface area contributed by atoms with E-state index in [-0.39, 0.29) is 5.69 Å². The number of piperazine rings is 1. The summed E-state index contributed by atoms with van der Waals surface area (Å²) in [6.07, 6.45) is -4.24. The van der Waals surface area contributed by atoms with Crippen LogP contribution in [-0.4, -0.2) is 70.4 Å². The number of aliphatic hydroxyl groups excluding tert-OH is 1. The SMILES string of the molecule is N/N=C\N(N)CC(O)(c1ccc(F)cc1F)C(F)(F)c1ccc(-c2ccc(N3CCN(c4ccc(C(O)CC(F)(F)F)nc4)CC3)cc2)cn1. The van der Waals surface area contributed by atoms with Gasteiger partial charge >= 0.3 is 12.1 Å². The van der Waals surface area contributed by atoms with Gasteiger partial charge in [-0.1, -0.05) is 18.2 Å². The molecule has 0 saturated carbocycles. The molecule has 1 fully saturated rings. The Morgan fingerprint density at radius 1 is 0.840 bits per heavy atom. The molecule has 2 atom stereocenters. The molecule has 266 valence electrons. The molecule has 50 heavy (non-hydrogen) atoms. The highest BCUT2D eigenvalue weighted by molar-refractivity contribution is 5.66. The molecule has 0 radical (unpaired) electrons. The molecule has 3 heterocycles. The van der Waals surface area contributed by atoms with E-state index in [0.29, 0.717) is 54.4 Å². The van der Waals surface area contributed by atoms with Crippen LogP contribution >= 0.6 is 0 Å². The van der Waals surface area contributed by atoms with Gasteiger partial charge in [0, 0.05) is 55.3 Å². The van der Waals surface area contributed by atoms with Gasteiger partial charge in [-0.15, -0.1) is 0 Å². The lowest BCUT2D eigenvalue weighted by Crippen LogP contribution is -2.53. The fourth-order valence-electron chi connectivity index (χ4n) is 5.72. The van der Waals surface area contributed by atoms with Crippen LogP contribution in [0.25, 0.3) is 11.1 Å². The third kappa shape index (κ3) is 7.90. The van der Waals surface area contributed by atoms with E-state index >= 15 is 8.78 Å². The van der Waals surface area contributed by atoms with E-state index in [1.807, 2.05) is 17.0 Å². The fraction of sp³-hybridized carbons (Fsp3) is 0.303. The smallest absolute Gasteiger partial charge is 0.386 e. The topological polar surface area (TPSA) is 140 Å². The van der Waals surface area contributed by atoms with E-state index in [0.717, 1.165) is 29.8 Å². The molecule has 2 aromatic heterocycles. The molecule has 0 aliphatic carbocycles. The van der Waals surface area contributed by atoms with E-state index in [4.69, 9.17) is 11.7 Å². The molecule has 10 nitrogen and oxygen atoms in total. The third-order valence-electron chi connectivity index (χ3n) is 8.36. The van der Waals surface area contributed by atoms with Gasteiger partial charge in [-0.05, 0) is 48.0 Å². The van der Waals surface area contributed by atoms with Crippen LogP contribution in [0.2, 0.25) is 0 Å². The fourth-order valence-corrected chi connectivity index (χ4v) is 5.72. The number of pyridine rings is 2. The van der Waals surface area contributed by atoms with Gasteiger partial charge in [-0.25, -0.2) is 14.6 Å². The van der Waals surface area contributed by atoms with Crippen molar-refractivity contribution in [2.24, 2.45) is 16.8 Å². The zero-order valence-electron chi connectivity index (χ0n) is 26.3. The molecule has 17 heteroatoms. The largest absolute Gasteiger partial charge is 0.391 e. The first-order chi connectivity index (χ1) is 23.6. The van der Waals surface area contributed by atoms with Crippen molar-refractivity contribution < 1.29 is 40.9 Å². The zero-order valence-corrected chi connectivity index (χ0v) is 26.3. The van der Waals surface area contributed by atoms with Gasteiger partial charge in [0.2, 0.25) is 0 Å². The molecule has 2 aromatic carbocycles. The number of nitrogens with zero attached hydrogens (tertiary/aromatic N) is 6. The molecule has 2 unspecified atom stereocenters. The maximum Gasteiger partial charge on any atom is 0.391 e. The van der Waals surface area contributed by atoms with Crippen LogP contribution in [-0.2, 0) is 11.5 Å². The Balaban J connectivity index is 1.26. The number of alkyl halides is 5. The number of anilines is 2. The van der Waals surface area contributed by atoms with Crippen LogP contribution in [0, 0.1) is 11.6 Å². The van der Waals surface area contributed by atoms with E-state index in [9.17, 15) is 32.2 Å². The van der Waals surface area contributed by atoms with Crippen LogP contribution < -0.4 is 21.5 Å². The Hall–Kier alpha value is -5.00. The number of aliphatic hydroxyl groups is 2. The number of hydrogen-bond donors (Lipinski definition) is 4. The summed E-state index contributed by atoms with van der Waals surface area (Å²) in [4.78, 5) is 12.1. The number of aromatic nitrogens is 2. The normalized spacial score (nSPS) is 16.0. The lowest BCUT2D eigenvalue weighted by atomic mass is 9.84. The van der Waals surface area contributed by atoms with Crippen molar-refractivity contribution in [3.8, 4) is 11.1 Å². The van der Waals surface area contributed by atoms with Crippen molar-refractivity contribution in [2.75, 3.05) is 42.5 Å². The minimum absolute atomic E-state index is 0.0538. The number of benzene rings is 2. The summed E-state index contributed by atoms with van der Waals surface area (Å²) in [5.74, 6) is 3.99. The van der Waals surface area contributed by atoms with Crippen LogP contribution in [0.3, 0.4) is 0 Å². The predicted molar refractivity (Wildman–Crippen MR) is 172 cm³/mol. The first kappa shape index (κ1) is 36.3. The first-order valence-electron chi connectivity index (χ1n) is 15.2. The van der Waals surface area contributed by atoms with Crippen molar-refractivity contribution in [1.29, 1.82) is 0 Å². The number of rotatable bonds is 11. The molecule has 1 aliphatic rings. The van der Waals surface area contributed by atoms with Gasteiger partial charge in [0.1, 0.15) is 29.8 Å². The summed E-state index contributed by atoms with van der Waals surface area (Å²) < 4.78 is 98.1. The maximum atomic E-state index is 16.0. The second-order valence-electron chi connectivity index (χ2n) is 11.7. The van der Waals surface area contributed by atoms with Gasteiger partial charge in [0.05, 0.1) is 30.5 Å². The lowest BCUT2D eigenvalue weighted by Gasteiger charge is -2.38. The number of hydrogen-bond acceptors (Lipinski definition) is 9. The summed E-state index contributed by atoms with van der Waals surface area (Å²) in [5, 5.41) is 24.8. The van der Waals surface area contributed by atoms with Crippen LogP contribution in [0.1, 0.15) is 29.5 Å². The Kier molecular flexibility index (Phi) is 10.5. The van der Waals surface area contributed by atoms with E-state index < -0.39 is 59.7 Å². The van der Waals surface area contributed by atoms with Gasteiger partial charge in [-0.2, -0.15) is 27.1 Å². The Labute approximate surface area is 282 Å². The predicted octanol–water partition coefficient (Wildman–Crippen LogP) is 4.79. The van der Waals surface area contributed by atoms with Gasteiger partial charge < -0.3 is 25.9 Å². The zero-order chi connectivity index (χ0) is 36.3. The number of nitrogens with two attached hydrogens (primary N) is 2. The van der Waals surface area contributed by atoms with Crippen molar-refractivity contribution in [1.82, 2.24) is 15.0 Å². The first-order valence-corrected chi connectivity index (χ1v) is 15.2. The van der Waals surface area contributed by atoms with Crippen molar-refractivity contribution >= 4 is 17.7 Å². The van der Waals surface area contributed by atoms with Crippen LogP contribution in [0.4, 0.5) is 42.1 Å². The highest BCUT2D eigenvalue weighted by Crippen LogP contribution is 2.46. The Morgan fingerprint density at radius 3 is 2.00 bits per heavy atom. The quantitative estimate of drug-likeness (QED) is 0.0570. The number of hydrazone groups is 1. The standard InChI is InChI=1S/C33H33F7N8O2/c34-23-4-8-26(27(35)15-23)31(50,19-48(42)20-45-41)33(39,40)30-10-3-22(17-44-30)21-1-5-24(6-2-21)46-11-13-47(14-12-46)25-7-9-28(43-18-25)29(49)16-32(36,37)38/h1-10,15,17-18,20,29,49-50H,11-14,16,19,41-42H2/b45-20-. The number of halogens is 7. The lowest BCUT2D eigenvalue weighted by molar-refractivity contribution is -0.203. The summed E-state index contributed by atoms with van der Waals surface area (Å²) in [6.45, 7) is 1.36. The van der Waals surface area contributed by atoms with Gasteiger partial charge in [0.15, 0.2) is 5.60 Å². The highest BCUT2D eigenvalue weighted by atomic mass is 19.4. The monoisotopic (exact) mass is 706 g/mol. The average Bonchev–Trinajstić information content (AvgIpc) is 3.08. The summed E-state index contributed by atoms with van der Waals surface area (Å²) in [6, 6.07) is 14.5. The van der Waals surface area contributed by atoms with E-state index in [1.54, 1.807) is 18.2 Å². The van der Waals surface area contributed by atoms with E-state index in [2.05, 4.69) is 20.0 Å². The molecular weight excluding hydrogens is 673 g/mol. The van der Waals surface area contributed by atoms with Gasteiger partial charge in [0.25, 0.3) is 0 Å². The Morgan fingerprint density at radius 2 is 1.46 bits per heavy atom. The molecule has 0 amide bonds. The summed E-state index contributed by atoms with van der Waals surface area (Å²) in [7, 11) is 0. The molecule has 0 spiro atoms. The van der Waals surface area contributed by atoms with Crippen molar-refractivity contribution in [3.63, 3.8) is 0 Å². The van der Waals surface area contributed by atoms with E-state index in [1.165, 1.54) is 24.5 Å². The van der Waals surface area contributed by atoms with Gasteiger partial charge in [-0.3, -0.25) is 15.0 Å². The molecule has 1 aliphatic heterocycles. The Bertz CT molecular complexity index is 1770. The molecule has 4 aromatic rings. The average molecular weight is 707 g/mol. The highest BCUT2D eigenvalue weighted by Gasteiger charge is 2.58. The minimum atomic E-state index is -4.51. The number of hydrazine groups is 1. The molecular formula is C33H33F7N8O2. The van der Waals surface area contributed by atoms with Crippen molar-refractivity contribution in [2.45, 2.75) is 30.2 Å². The molecule has 0 bridgehead atoms. The van der Waals surface area contributed by atoms with Crippen molar-refractivity contribution in [3.05, 3.63) is 108 Å². The molecule has 6 N–H and O–H groups in total.